The van der Waals surface area contributed by atoms with E-state index in [1.807, 2.05) is 97.1 Å². The summed E-state index contributed by atoms with van der Waals surface area (Å²) in [5.74, 6) is 1.33. The van der Waals surface area contributed by atoms with Crippen LogP contribution < -0.4 is 0 Å². The summed E-state index contributed by atoms with van der Waals surface area (Å²) in [4.78, 5) is 14.8. The normalized spacial score (nSPS) is 13.2. The maximum Gasteiger partial charge on any atom is 0.167 e. The Labute approximate surface area is 259 Å². The van der Waals surface area contributed by atoms with Gasteiger partial charge in [0.1, 0.15) is 22.3 Å². The Bertz CT molecular complexity index is 2760. The molecule has 9 aromatic rings. The number of furan rings is 2. The van der Waals surface area contributed by atoms with Crippen molar-refractivity contribution in [1.82, 2.24) is 15.0 Å². The van der Waals surface area contributed by atoms with Gasteiger partial charge in [-0.3, -0.25) is 0 Å². The molecule has 0 amide bonds. The fraction of sp³-hybridized carbons (Fsp3) is 0. The minimum absolute atomic E-state index is 0.0759. The summed E-state index contributed by atoms with van der Waals surface area (Å²) in [5, 5.41) is 3.53. The summed E-state index contributed by atoms with van der Waals surface area (Å²) in [6.45, 7) is 0. The van der Waals surface area contributed by atoms with E-state index in [1.54, 1.807) is 12.1 Å². The average molecular weight is 571 g/mol. The van der Waals surface area contributed by atoms with Crippen molar-refractivity contribution in [3.8, 4) is 45.3 Å². The topological polar surface area (TPSA) is 65.0 Å². The van der Waals surface area contributed by atoms with E-state index < -0.39 is 18.1 Å². The van der Waals surface area contributed by atoms with Crippen LogP contribution >= 0.6 is 0 Å². The first kappa shape index (κ1) is 19.9. The molecule has 0 spiro atoms. The molecule has 0 atom stereocenters. The molecule has 6 aromatic carbocycles. The molecule has 0 fully saturated rings. The number of benzene rings is 6. The predicted octanol–water partition coefficient (Wildman–Crippen LogP) is 10.3. The first-order chi connectivity index (χ1) is 23.9. The number of para-hydroxylation sites is 3. The fourth-order valence-electron chi connectivity index (χ4n) is 5.78. The van der Waals surface area contributed by atoms with Gasteiger partial charge < -0.3 is 8.83 Å². The largest absolute Gasteiger partial charge is 0.456 e. The Balaban J connectivity index is 1.28. The molecule has 0 N–H and O–H groups in total. The quantitative estimate of drug-likeness (QED) is 0.211. The zero-order chi connectivity index (χ0) is 33.4. The molecule has 3 heterocycles. The van der Waals surface area contributed by atoms with Gasteiger partial charge in [0.2, 0.25) is 0 Å². The first-order valence-electron chi connectivity index (χ1n) is 16.6. The number of fused-ring (bicyclic) bond motifs is 6. The van der Waals surface area contributed by atoms with Crippen molar-refractivity contribution in [2.75, 3.05) is 0 Å². The van der Waals surface area contributed by atoms with Gasteiger partial charge in [0.15, 0.2) is 17.5 Å². The lowest BCUT2D eigenvalue weighted by molar-refractivity contribution is 0.669. The number of aromatic nitrogens is 3. The Morgan fingerprint density at radius 1 is 0.432 bits per heavy atom. The van der Waals surface area contributed by atoms with E-state index >= 15 is 0 Å². The summed E-state index contributed by atoms with van der Waals surface area (Å²) < 4.78 is 54.5. The van der Waals surface area contributed by atoms with Crippen LogP contribution in [0.15, 0.2) is 148 Å². The number of rotatable bonds is 4. The summed E-state index contributed by atoms with van der Waals surface area (Å²) in [5.41, 5.74) is 5.09. The third kappa shape index (κ3) is 3.91. The van der Waals surface area contributed by atoms with Crippen LogP contribution in [-0.4, -0.2) is 15.0 Å². The number of nitrogens with zero attached hydrogens (tertiary/aromatic N) is 3. The van der Waals surface area contributed by atoms with Crippen molar-refractivity contribution < 1.29 is 15.7 Å². The first-order valence-corrected chi connectivity index (χ1v) is 14.1. The molecule has 5 heteroatoms. The van der Waals surface area contributed by atoms with Gasteiger partial charge in [-0.25, -0.2) is 15.0 Å². The highest BCUT2D eigenvalue weighted by atomic mass is 16.3. The summed E-state index contributed by atoms with van der Waals surface area (Å²) in [6, 6.07) is 32.8. The van der Waals surface area contributed by atoms with Crippen LogP contribution in [0.3, 0.4) is 0 Å². The smallest absolute Gasteiger partial charge is 0.167 e. The highest BCUT2D eigenvalue weighted by Gasteiger charge is 2.19. The monoisotopic (exact) mass is 570 g/mol. The van der Waals surface area contributed by atoms with E-state index in [-0.39, 0.29) is 17.6 Å². The highest BCUT2D eigenvalue weighted by Crippen LogP contribution is 2.40. The molecule has 0 saturated heterocycles. The molecule has 0 unspecified atom stereocenters. The van der Waals surface area contributed by atoms with Gasteiger partial charge in [0.25, 0.3) is 0 Å². The molecule has 0 radical (unpaired) electrons. The van der Waals surface area contributed by atoms with Gasteiger partial charge in [-0.15, -0.1) is 0 Å². The zero-order valence-electron chi connectivity index (χ0n) is 28.1. The van der Waals surface area contributed by atoms with E-state index in [9.17, 15) is 0 Å². The molecule has 0 aliphatic rings. The molecule has 206 valence electrons. The Hall–Kier alpha value is -6.07. The van der Waals surface area contributed by atoms with Gasteiger partial charge in [-0.2, -0.15) is 0 Å². The third-order valence-electron chi connectivity index (χ3n) is 7.84. The molecule has 0 aliphatic heterocycles. The number of hydrogen-bond donors (Lipinski definition) is 0. The van der Waals surface area contributed by atoms with E-state index in [0.717, 1.165) is 43.8 Å². The Kier molecular flexibility index (Phi) is 4.42. The third-order valence-corrected chi connectivity index (χ3v) is 7.84. The lowest BCUT2D eigenvalue weighted by Crippen LogP contribution is -2.00. The second-order valence-corrected chi connectivity index (χ2v) is 10.4. The van der Waals surface area contributed by atoms with Gasteiger partial charge in [0.05, 0.1) is 12.4 Å². The van der Waals surface area contributed by atoms with Gasteiger partial charge in [-0.1, -0.05) is 115 Å². The SMILES string of the molecule is [2H]c1c([2H])c([2H])c(-c2cccc3c2oc2c(-c4nc(-c5ccccc5)nc(-c5ccc6c(c5)oc5ccccc56)n4)cccc23)c([2H])c1[2H]. The van der Waals surface area contributed by atoms with Crippen LogP contribution in [0.4, 0.5) is 0 Å². The van der Waals surface area contributed by atoms with Crippen LogP contribution in [-0.2, 0) is 0 Å². The minimum Gasteiger partial charge on any atom is -0.456 e. The highest BCUT2D eigenvalue weighted by molar-refractivity contribution is 6.12. The Morgan fingerprint density at radius 3 is 1.89 bits per heavy atom. The Morgan fingerprint density at radius 2 is 1.07 bits per heavy atom. The molecule has 44 heavy (non-hydrogen) atoms. The molecule has 3 aromatic heterocycles. The van der Waals surface area contributed by atoms with Crippen LogP contribution in [0.25, 0.3) is 89.2 Å². The molecule has 0 aliphatic carbocycles. The lowest BCUT2D eigenvalue weighted by Gasteiger charge is -2.09. The van der Waals surface area contributed by atoms with Gasteiger partial charge in [-0.05, 0) is 29.8 Å². The van der Waals surface area contributed by atoms with Crippen LogP contribution in [0.1, 0.15) is 6.85 Å². The van der Waals surface area contributed by atoms with Crippen molar-refractivity contribution in [2.45, 2.75) is 0 Å². The average Bonchev–Trinajstić information content (AvgIpc) is 3.72. The van der Waals surface area contributed by atoms with Crippen LogP contribution in [0.2, 0.25) is 0 Å². The van der Waals surface area contributed by atoms with Crippen LogP contribution in [0, 0.1) is 0 Å². The standard InChI is InChI=1S/C39H23N3O2/c1-3-11-24(12-4-1)27-16-9-17-30-31-18-10-19-32(36(31)44-35(27)30)39-41-37(25-13-5-2-6-14-25)40-38(42-39)26-21-22-29-28-15-7-8-20-33(28)43-34(29)23-26/h1-23H/i1D,3D,4D,11D,12D. The molecular weight excluding hydrogens is 542 g/mol. The number of hydrogen-bond acceptors (Lipinski definition) is 5. The van der Waals surface area contributed by atoms with Crippen molar-refractivity contribution in [2.24, 2.45) is 0 Å². The summed E-state index contributed by atoms with van der Waals surface area (Å²) in [6.07, 6.45) is 0. The molecule has 0 saturated carbocycles. The summed E-state index contributed by atoms with van der Waals surface area (Å²) >= 11 is 0. The van der Waals surface area contributed by atoms with E-state index in [0.29, 0.717) is 39.8 Å². The van der Waals surface area contributed by atoms with Crippen molar-refractivity contribution in [1.29, 1.82) is 0 Å². The van der Waals surface area contributed by atoms with E-state index in [1.165, 1.54) is 0 Å². The molecular formula is C39H23N3O2. The van der Waals surface area contributed by atoms with Crippen molar-refractivity contribution >= 4 is 43.9 Å². The van der Waals surface area contributed by atoms with Crippen LogP contribution in [0.5, 0.6) is 0 Å². The molecule has 5 nitrogen and oxygen atoms in total. The van der Waals surface area contributed by atoms with E-state index in [4.69, 9.17) is 30.6 Å². The zero-order valence-corrected chi connectivity index (χ0v) is 23.1. The van der Waals surface area contributed by atoms with Gasteiger partial charge >= 0.3 is 0 Å². The maximum atomic E-state index is 8.60. The second kappa shape index (κ2) is 9.75. The van der Waals surface area contributed by atoms with Gasteiger partial charge in [0, 0.05) is 38.2 Å². The van der Waals surface area contributed by atoms with Crippen molar-refractivity contribution in [3.63, 3.8) is 0 Å². The molecule has 9 rings (SSSR count). The van der Waals surface area contributed by atoms with Crippen molar-refractivity contribution in [3.05, 3.63) is 139 Å². The van der Waals surface area contributed by atoms with E-state index in [2.05, 4.69) is 0 Å². The second-order valence-electron chi connectivity index (χ2n) is 10.4. The molecule has 0 bridgehead atoms. The maximum absolute atomic E-state index is 8.60. The lowest BCUT2D eigenvalue weighted by atomic mass is 10.0. The minimum atomic E-state index is -0.447. The predicted molar refractivity (Wildman–Crippen MR) is 176 cm³/mol. The summed E-state index contributed by atoms with van der Waals surface area (Å²) in [7, 11) is 0. The fourth-order valence-corrected chi connectivity index (χ4v) is 5.78.